The van der Waals surface area contributed by atoms with Crippen LogP contribution < -0.4 is 0 Å². The number of hydrogen-bond acceptors (Lipinski definition) is 4. The van der Waals surface area contributed by atoms with Gasteiger partial charge in [-0.15, -0.1) is 0 Å². The highest BCUT2D eigenvalue weighted by Gasteiger charge is 2.20. The summed E-state index contributed by atoms with van der Waals surface area (Å²) in [6.07, 6.45) is 1.97. The van der Waals surface area contributed by atoms with E-state index in [1.807, 2.05) is 89.2 Å². The van der Waals surface area contributed by atoms with Crippen molar-refractivity contribution >= 4 is 5.69 Å². The molecule has 0 fully saturated rings. The van der Waals surface area contributed by atoms with Gasteiger partial charge in [0.2, 0.25) is 0 Å². The first-order valence-electron chi connectivity index (χ1n) is 10.1. The highest BCUT2D eigenvalue weighted by molar-refractivity contribution is 5.80. The van der Waals surface area contributed by atoms with Gasteiger partial charge in [0.1, 0.15) is 5.69 Å². The Morgan fingerprint density at radius 3 is 2.06 bits per heavy atom. The predicted octanol–water partition coefficient (Wildman–Crippen LogP) is 5.61. The summed E-state index contributed by atoms with van der Waals surface area (Å²) < 4.78 is 3.72. The third-order valence-corrected chi connectivity index (χ3v) is 5.19. The fourth-order valence-electron chi connectivity index (χ4n) is 3.69. The van der Waals surface area contributed by atoms with Crippen LogP contribution in [0.3, 0.4) is 0 Å². The number of rotatable bonds is 5. The van der Waals surface area contributed by atoms with Crippen LogP contribution in [0.4, 0.5) is 5.69 Å². The molecular formula is C25H19N5O2. The average Bonchev–Trinajstić information content (AvgIpc) is 3.44. The number of nitro benzene ring substituents is 1. The zero-order valence-corrected chi connectivity index (χ0v) is 17.3. The normalized spacial score (nSPS) is 10.9. The van der Waals surface area contributed by atoms with Crippen molar-refractivity contribution in [3.05, 3.63) is 113 Å². The third kappa shape index (κ3) is 3.56. The average molecular weight is 421 g/mol. The molecule has 0 saturated carbocycles. The Kier molecular flexibility index (Phi) is 4.84. The minimum Gasteiger partial charge on any atom is -0.258 e. The molecule has 0 amide bonds. The van der Waals surface area contributed by atoms with E-state index in [0.717, 1.165) is 39.6 Å². The van der Waals surface area contributed by atoms with Crippen LogP contribution in [0.15, 0.2) is 97.2 Å². The van der Waals surface area contributed by atoms with Gasteiger partial charge in [0.25, 0.3) is 5.69 Å². The first-order valence-corrected chi connectivity index (χ1v) is 10.1. The summed E-state index contributed by atoms with van der Waals surface area (Å²) in [6.45, 7) is 1.95. The summed E-state index contributed by atoms with van der Waals surface area (Å²) in [4.78, 5) is 10.7. The Hall–Kier alpha value is -4.52. The molecule has 156 valence electrons. The van der Waals surface area contributed by atoms with Crippen molar-refractivity contribution in [1.82, 2.24) is 19.6 Å². The SMILES string of the molecule is Cc1cc(-c2cn(-c3ccccc3)nc2-c2ccc([N+](=O)[O-])cc2)n(-c2ccccc2)n1. The fourth-order valence-corrected chi connectivity index (χ4v) is 3.69. The van der Waals surface area contributed by atoms with Gasteiger partial charge in [-0.05, 0) is 49.4 Å². The second kappa shape index (κ2) is 7.96. The highest BCUT2D eigenvalue weighted by atomic mass is 16.6. The van der Waals surface area contributed by atoms with Crippen LogP contribution in [0.2, 0.25) is 0 Å². The summed E-state index contributed by atoms with van der Waals surface area (Å²) in [7, 11) is 0. The number of benzene rings is 3. The molecule has 0 aliphatic rings. The molecule has 0 unspecified atom stereocenters. The maximum absolute atomic E-state index is 11.1. The molecule has 7 heteroatoms. The second-order valence-electron chi connectivity index (χ2n) is 7.39. The molecule has 0 atom stereocenters. The maximum atomic E-state index is 11.1. The third-order valence-electron chi connectivity index (χ3n) is 5.19. The Balaban J connectivity index is 1.72. The van der Waals surface area contributed by atoms with E-state index in [-0.39, 0.29) is 5.69 Å². The van der Waals surface area contributed by atoms with Crippen LogP contribution in [-0.2, 0) is 0 Å². The van der Waals surface area contributed by atoms with E-state index in [4.69, 9.17) is 10.2 Å². The standard InChI is InChI=1S/C25H19N5O2/c1-18-16-24(29(26-18)21-10-6-3-7-11-21)23-17-28(20-8-4-2-5-9-20)27-25(23)19-12-14-22(15-13-19)30(31)32/h2-17H,1H3. The fraction of sp³-hybridized carbons (Fsp3) is 0.0400. The molecule has 5 aromatic rings. The molecule has 0 bridgehead atoms. The molecule has 0 aliphatic heterocycles. The number of hydrogen-bond donors (Lipinski definition) is 0. The van der Waals surface area contributed by atoms with Gasteiger partial charge in [0, 0.05) is 29.5 Å². The Morgan fingerprint density at radius 1 is 0.812 bits per heavy atom. The number of nitrogens with zero attached hydrogens (tertiary/aromatic N) is 5. The van der Waals surface area contributed by atoms with Crippen LogP contribution in [-0.4, -0.2) is 24.5 Å². The first-order chi connectivity index (χ1) is 15.6. The lowest BCUT2D eigenvalue weighted by atomic mass is 10.1. The number of nitro groups is 1. The minimum atomic E-state index is -0.402. The van der Waals surface area contributed by atoms with Gasteiger partial charge < -0.3 is 0 Å². The summed E-state index contributed by atoms with van der Waals surface area (Å²) in [6, 6.07) is 28.2. The molecule has 2 heterocycles. The molecular weight excluding hydrogens is 402 g/mol. The lowest BCUT2D eigenvalue weighted by molar-refractivity contribution is -0.384. The maximum Gasteiger partial charge on any atom is 0.269 e. The van der Waals surface area contributed by atoms with E-state index < -0.39 is 4.92 Å². The highest BCUT2D eigenvalue weighted by Crippen LogP contribution is 2.34. The monoisotopic (exact) mass is 421 g/mol. The first kappa shape index (κ1) is 19.4. The van der Waals surface area contributed by atoms with E-state index in [1.54, 1.807) is 12.1 Å². The number of para-hydroxylation sites is 2. The quantitative estimate of drug-likeness (QED) is 0.273. The summed E-state index contributed by atoms with van der Waals surface area (Å²) in [5.41, 5.74) is 6.08. The van der Waals surface area contributed by atoms with Crippen LogP contribution in [0.25, 0.3) is 33.9 Å². The lowest BCUT2D eigenvalue weighted by Gasteiger charge is -2.07. The van der Waals surface area contributed by atoms with E-state index in [1.165, 1.54) is 12.1 Å². The van der Waals surface area contributed by atoms with Gasteiger partial charge in [-0.1, -0.05) is 36.4 Å². The van der Waals surface area contributed by atoms with Gasteiger partial charge in [0.05, 0.1) is 27.7 Å². The lowest BCUT2D eigenvalue weighted by Crippen LogP contribution is -1.99. The zero-order chi connectivity index (χ0) is 22.1. The van der Waals surface area contributed by atoms with Crippen molar-refractivity contribution < 1.29 is 4.92 Å². The van der Waals surface area contributed by atoms with Gasteiger partial charge >= 0.3 is 0 Å². The van der Waals surface area contributed by atoms with Crippen LogP contribution in [0, 0.1) is 17.0 Å². The van der Waals surface area contributed by atoms with Gasteiger partial charge in [0.15, 0.2) is 0 Å². The van der Waals surface area contributed by atoms with Gasteiger partial charge in [-0.25, -0.2) is 9.36 Å². The predicted molar refractivity (Wildman–Crippen MR) is 123 cm³/mol. The van der Waals surface area contributed by atoms with Crippen LogP contribution >= 0.6 is 0 Å². The molecule has 0 aliphatic carbocycles. The number of non-ortho nitro benzene ring substituents is 1. The van der Waals surface area contributed by atoms with Gasteiger partial charge in [-0.2, -0.15) is 10.2 Å². The number of aromatic nitrogens is 4. The molecule has 7 nitrogen and oxygen atoms in total. The molecule has 0 saturated heterocycles. The van der Waals surface area contributed by atoms with Crippen molar-refractivity contribution in [3.8, 4) is 33.9 Å². The van der Waals surface area contributed by atoms with E-state index in [0.29, 0.717) is 0 Å². The second-order valence-corrected chi connectivity index (χ2v) is 7.39. The molecule has 32 heavy (non-hydrogen) atoms. The summed E-state index contributed by atoms with van der Waals surface area (Å²) in [5, 5.41) is 20.7. The van der Waals surface area contributed by atoms with E-state index >= 15 is 0 Å². The van der Waals surface area contributed by atoms with Crippen molar-refractivity contribution in [2.75, 3.05) is 0 Å². The smallest absolute Gasteiger partial charge is 0.258 e. The Bertz CT molecular complexity index is 1390. The van der Waals surface area contributed by atoms with Crippen molar-refractivity contribution in [3.63, 3.8) is 0 Å². The molecule has 0 N–H and O–H groups in total. The van der Waals surface area contributed by atoms with E-state index in [2.05, 4.69) is 0 Å². The van der Waals surface area contributed by atoms with Gasteiger partial charge in [-0.3, -0.25) is 10.1 Å². The van der Waals surface area contributed by atoms with Crippen LogP contribution in [0.1, 0.15) is 5.69 Å². The molecule has 5 rings (SSSR count). The Morgan fingerprint density at radius 2 is 1.44 bits per heavy atom. The summed E-state index contributed by atoms with van der Waals surface area (Å²) >= 11 is 0. The molecule has 0 radical (unpaired) electrons. The largest absolute Gasteiger partial charge is 0.269 e. The summed E-state index contributed by atoms with van der Waals surface area (Å²) in [5.74, 6) is 0. The van der Waals surface area contributed by atoms with Crippen molar-refractivity contribution in [2.24, 2.45) is 0 Å². The van der Waals surface area contributed by atoms with Crippen LogP contribution in [0.5, 0.6) is 0 Å². The van der Waals surface area contributed by atoms with E-state index in [9.17, 15) is 10.1 Å². The molecule has 3 aromatic carbocycles. The van der Waals surface area contributed by atoms with Crippen molar-refractivity contribution in [1.29, 1.82) is 0 Å². The number of aryl methyl sites for hydroxylation is 1. The Labute approximate surface area is 184 Å². The minimum absolute atomic E-state index is 0.0444. The zero-order valence-electron chi connectivity index (χ0n) is 17.3. The topological polar surface area (TPSA) is 78.8 Å². The molecule has 2 aromatic heterocycles. The molecule has 0 spiro atoms. The van der Waals surface area contributed by atoms with Crippen molar-refractivity contribution in [2.45, 2.75) is 6.92 Å².